The van der Waals surface area contributed by atoms with Crippen molar-refractivity contribution in [1.82, 2.24) is 0 Å². The minimum atomic E-state index is -4.58. The van der Waals surface area contributed by atoms with E-state index < -0.39 is 29.1 Å². The first-order valence-corrected chi connectivity index (χ1v) is 5.93. The third-order valence-corrected chi connectivity index (χ3v) is 2.47. The number of Topliss-reactive ketones (excluding diaryl/α,β-unsaturated/α-hetero) is 1. The molecule has 1 aromatic carbocycles. The summed E-state index contributed by atoms with van der Waals surface area (Å²) < 4.78 is 47.1. The molecule has 1 rings (SSSR count). The third-order valence-electron chi connectivity index (χ3n) is 2.47. The number of rotatable bonds is 5. The monoisotopic (exact) mass is 302 g/mol. The van der Waals surface area contributed by atoms with Crippen molar-refractivity contribution < 1.29 is 32.2 Å². The maximum atomic E-state index is 12.6. The molecule has 0 fully saturated rings. The Morgan fingerprint density at radius 1 is 1.29 bits per heavy atom. The summed E-state index contributed by atoms with van der Waals surface area (Å²) in [4.78, 5) is 23.6. The number of hydrogen-bond donors (Lipinski definition) is 0. The van der Waals surface area contributed by atoms with Gasteiger partial charge in [-0.2, -0.15) is 13.2 Å². The predicted octanol–water partition coefficient (Wildman–Crippen LogP) is 2.98. The fraction of sp³-hybridized carbons (Fsp3) is 0.286. The molecule has 0 N–H and O–H groups in total. The average molecular weight is 302 g/mol. The van der Waals surface area contributed by atoms with Crippen molar-refractivity contribution in [2.24, 2.45) is 0 Å². The van der Waals surface area contributed by atoms with Crippen LogP contribution in [-0.2, 0) is 20.4 Å². The van der Waals surface area contributed by atoms with Crippen molar-refractivity contribution in [2.45, 2.75) is 13.1 Å². The molecule has 0 atom stereocenters. The Balaban J connectivity index is 3.18. The van der Waals surface area contributed by atoms with Crippen molar-refractivity contribution in [3.05, 3.63) is 47.2 Å². The lowest BCUT2D eigenvalue weighted by Gasteiger charge is -2.09. The highest BCUT2D eigenvalue weighted by molar-refractivity contribution is 6.24. The minimum absolute atomic E-state index is 0.191. The highest BCUT2D eigenvalue weighted by Crippen LogP contribution is 2.30. The van der Waals surface area contributed by atoms with Gasteiger partial charge in [-0.25, -0.2) is 4.79 Å². The van der Waals surface area contributed by atoms with E-state index in [1.807, 2.05) is 0 Å². The van der Waals surface area contributed by atoms with Gasteiger partial charge in [0.1, 0.15) is 11.8 Å². The Morgan fingerprint density at radius 2 is 1.95 bits per heavy atom. The van der Waals surface area contributed by atoms with Crippen LogP contribution in [0.4, 0.5) is 13.2 Å². The van der Waals surface area contributed by atoms with Gasteiger partial charge < -0.3 is 9.47 Å². The summed E-state index contributed by atoms with van der Waals surface area (Å²) in [5.74, 6) is -1.88. The Hall–Kier alpha value is -2.31. The number of carbonyl (C=O) groups is 2. The molecule has 0 unspecified atom stereocenters. The van der Waals surface area contributed by atoms with Gasteiger partial charge >= 0.3 is 12.1 Å². The van der Waals surface area contributed by atoms with E-state index in [1.54, 1.807) is 6.92 Å². The van der Waals surface area contributed by atoms with E-state index in [0.29, 0.717) is 6.07 Å². The molecule has 7 heteroatoms. The van der Waals surface area contributed by atoms with Gasteiger partial charge in [-0.05, 0) is 19.1 Å². The van der Waals surface area contributed by atoms with E-state index in [4.69, 9.17) is 4.74 Å². The van der Waals surface area contributed by atoms with E-state index in [2.05, 4.69) is 4.74 Å². The van der Waals surface area contributed by atoms with Crippen LogP contribution in [0, 0.1) is 0 Å². The van der Waals surface area contributed by atoms with Gasteiger partial charge in [0.25, 0.3) is 0 Å². The molecule has 1 aromatic rings. The Morgan fingerprint density at radius 3 is 2.48 bits per heavy atom. The van der Waals surface area contributed by atoms with Crippen molar-refractivity contribution in [1.29, 1.82) is 0 Å². The second-order valence-electron chi connectivity index (χ2n) is 3.89. The second kappa shape index (κ2) is 6.92. The quantitative estimate of drug-likeness (QED) is 0.209. The minimum Gasteiger partial charge on any atom is -0.500 e. The van der Waals surface area contributed by atoms with Crippen LogP contribution in [-0.4, -0.2) is 25.5 Å². The number of methoxy groups -OCH3 is 1. The maximum Gasteiger partial charge on any atom is 0.416 e. The first-order chi connectivity index (χ1) is 9.81. The lowest BCUT2D eigenvalue weighted by atomic mass is 10.0. The molecular formula is C14H13F3O4. The molecule has 0 saturated heterocycles. The summed E-state index contributed by atoms with van der Waals surface area (Å²) in [6, 6.07) is 3.78. The lowest BCUT2D eigenvalue weighted by molar-refractivity contribution is -0.137. The van der Waals surface area contributed by atoms with Crippen LogP contribution < -0.4 is 0 Å². The summed E-state index contributed by atoms with van der Waals surface area (Å²) >= 11 is 0. The van der Waals surface area contributed by atoms with Crippen LogP contribution in [0.3, 0.4) is 0 Å². The number of ketones is 1. The van der Waals surface area contributed by atoms with E-state index in [0.717, 1.165) is 25.5 Å². The number of halogens is 3. The van der Waals surface area contributed by atoms with Gasteiger partial charge in [0.05, 0.1) is 19.3 Å². The highest BCUT2D eigenvalue weighted by Gasteiger charge is 2.31. The maximum absolute atomic E-state index is 12.6. The molecule has 0 heterocycles. The first kappa shape index (κ1) is 16.7. The standard InChI is InChI=1S/C14H13F3O4/c1-3-21-8-11(13(19)20-2)12(18)9-5-4-6-10(7-9)14(15,16)17/h4-8H,3H2,1-2H3. The zero-order valence-corrected chi connectivity index (χ0v) is 11.4. The zero-order valence-electron chi connectivity index (χ0n) is 11.4. The smallest absolute Gasteiger partial charge is 0.416 e. The number of esters is 1. The molecule has 4 nitrogen and oxygen atoms in total. The molecule has 0 radical (unpaired) electrons. The van der Waals surface area contributed by atoms with E-state index in [-0.39, 0.29) is 12.2 Å². The van der Waals surface area contributed by atoms with E-state index in [1.165, 1.54) is 6.07 Å². The number of carbonyl (C=O) groups excluding carboxylic acids is 2. The van der Waals surface area contributed by atoms with Crippen molar-refractivity contribution >= 4 is 11.8 Å². The zero-order chi connectivity index (χ0) is 16.0. The summed E-state index contributed by atoms with van der Waals surface area (Å²) in [5.41, 5.74) is -1.73. The lowest BCUT2D eigenvalue weighted by Crippen LogP contribution is -2.16. The molecule has 0 saturated carbocycles. The van der Waals surface area contributed by atoms with Gasteiger partial charge in [0, 0.05) is 5.56 Å². The molecule has 21 heavy (non-hydrogen) atoms. The van der Waals surface area contributed by atoms with Crippen molar-refractivity contribution in [2.75, 3.05) is 13.7 Å². The molecule has 0 aliphatic rings. The average Bonchev–Trinajstić information content (AvgIpc) is 2.46. The summed E-state index contributed by atoms with van der Waals surface area (Å²) in [6.45, 7) is 1.82. The van der Waals surface area contributed by atoms with Crippen LogP contribution in [0.5, 0.6) is 0 Å². The number of alkyl halides is 3. The fourth-order valence-electron chi connectivity index (χ4n) is 1.46. The number of benzene rings is 1. The van der Waals surface area contributed by atoms with Crippen LogP contribution >= 0.6 is 0 Å². The van der Waals surface area contributed by atoms with Crippen molar-refractivity contribution in [3.63, 3.8) is 0 Å². The van der Waals surface area contributed by atoms with Gasteiger partial charge in [0.15, 0.2) is 0 Å². The predicted molar refractivity (Wildman–Crippen MR) is 67.5 cm³/mol. The SMILES string of the molecule is CCOC=C(C(=O)OC)C(=O)c1cccc(C(F)(F)F)c1. The van der Waals surface area contributed by atoms with Gasteiger partial charge in [-0.15, -0.1) is 0 Å². The van der Waals surface area contributed by atoms with Gasteiger partial charge in [-0.3, -0.25) is 4.79 Å². The van der Waals surface area contributed by atoms with Crippen molar-refractivity contribution in [3.8, 4) is 0 Å². The Kier molecular flexibility index (Phi) is 5.52. The first-order valence-electron chi connectivity index (χ1n) is 5.93. The van der Waals surface area contributed by atoms with Crippen LogP contribution in [0.2, 0.25) is 0 Å². The van der Waals surface area contributed by atoms with Crippen LogP contribution in [0.1, 0.15) is 22.8 Å². The van der Waals surface area contributed by atoms with Crippen LogP contribution in [0.25, 0.3) is 0 Å². The summed E-state index contributed by atoms with van der Waals surface area (Å²) in [5, 5.41) is 0. The highest BCUT2D eigenvalue weighted by atomic mass is 19.4. The molecule has 0 aromatic heterocycles. The topological polar surface area (TPSA) is 52.6 Å². The van der Waals surface area contributed by atoms with E-state index >= 15 is 0 Å². The molecule has 114 valence electrons. The fourth-order valence-corrected chi connectivity index (χ4v) is 1.46. The molecule has 0 aliphatic carbocycles. The second-order valence-corrected chi connectivity index (χ2v) is 3.89. The van der Waals surface area contributed by atoms with E-state index in [9.17, 15) is 22.8 Å². The number of hydrogen-bond acceptors (Lipinski definition) is 4. The third kappa shape index (κ3) is 4.34. The van der Waals surface area contributed by atoms with Gasteiger partial charge in [0.2, 0.25) is 5.78 Å². The Labute approximate surface area is 119 Å². The molecule has 0 amide bonds. The molecule has 0 spiro atoms. The number of ether oxygens (including phenoxy) is 2. The van der Waals surface area contributed by atoms with Crippen LogP contribution in [0.15, 0.2) is 36.1 Å². The molecule has 0 bridgehead atoms. The molecule has 0 aliphatic heterocycles. The molecular weight excluding hydrogens is 289 g/mol. The largest absolute Gasteiger partial charge is 0.500 e. The normalized spacial score (nSPS) is 12.0. The Bertz CT molecular complexity index is 562. The van der Waals surface area contributed by atoms with Gasteiger partial charge in [-0.1, -0.05) is 12.1 Å². The summed E-state index contributed by atoms with van der Waals surface area (Å²) in [7, 11) is 1.06. The summed E-state index contributed by atoms with van der Waals surface area (Å²) in [6.07, 6.45) is -3.69.